The number of ether oxygens (including phenoxy) is 3. The molecule has 5 rings (SSSR count). The first-order valence-electron chi connectivity index (χ1n) is 15.3. The van der Waals surface area contributed by atoms with E-state index < -0.39 is 35.2 Å². The van der Waals surface area contributed by atoms with Crippen LogP contribution >= 0.6 is 0 Å². The van der Waals surface area contributed by atoms with Crippen molar-refractivity contribution in [1.29, 1.82) is 5.26 Å². The van der Waals surface area contributed by atoms with E-state index in [4.69, 9.17) is 18.7 Å². The molecule has 45 heavy (non-hydrogen) atoms. The molecule has 1 atom stereocenters. The Bertz CT molecular complexity index is 1530. The molecule has 2 amide bonds. The Labute approximate surface area is 263 Å². The first-order chi connectivity index (χ1) is 21.3. The third-order valence-electron chi connectivity index (χ3n) is 8.02. The maximum Gasteiger partial charge on any atom is 0.409 e. The number of hydrogen-bond acceptors (Lipinski definition) is 9. The van der Waals surface area contributed by atoms with Gasteiger partial charge in [-0.25, -0.2) is 9.59 Å². The Hall–Kier alpha value is -4.43. The van der Waals surface area contributed by atoms with Crippen LogP contribution in [-0.4, -0.2) is 46.4 Å². The van der Waals surface area contributed by atoms with Crippen molar-refractivity contribution in [2.24, 2.45) is 5.92 Å². The van der Waals surface area contributed by atoms with E-state index in [1.54, 1.807) is 27.7 Å². The van der Waals surface area contributed by atoms with E-state index in [9.17, 15) is 14.9 Å². The van der Waals surface area contributed by atoms with Crippen LogP contribution in [0, 0.1) is 17.2 Å². The Balaban J connectivity index is 1.23. The van der Waals surface area contributed by atoms with Gasteiger partial charge >= 0.3 is 12.2 Å². The van der Waals surface area contributed by atoms with Gasteiger partial charge in [0.25, 0.3) is 5.89 Å². The third-order valence-corrected chi connectivity index (χ3v) is 8.02. The maximum atomic E-state index is 13.2. The number of alkyl carbamates (subject to hydrolysis) is 2. The first-order valence-corrected chi connectivity index (χ1v) is 15.3. The van der Waals surface area contributed by atoms with Crippen molar-refractivity contribution < 1.29 is 28.3 Å². The molecule has 2 aromatic carbocycles. The molecule has 2 aliphatic rings. The van der Waals surface area contributed by atoms with Crippen molar-refractivity contribution in [2.45, 2.75) is 96.1 Å². The summed E-state index contributed by atoms with van der Waals surface area (Å²) in [4.78, 5) is 30.0. The van der Waals surface area contributed by atoms with Crippen molar-refractivity contribution in [3.05, 3.63) is 71.4 Å². The monoisotopic (exact) mass is 615 g/mol. The molecular weight excluding hydrogens is 574 g/mol. The summed E-state index contributed by atoms with van der Waals surface area (Å²) in [7, 11) is 0. The van der Waals surface area contributed by atoms with Crippen LogP contribution in [0.1, 0.15) is 89.6 Å². The van der Waals surface area contributed by atoms with E-state index in [1.807, 2.05) is 38.1 Å². The minimum absolute atomic E-state index is 0.0729. The SMILES string of the molecule is C[C@H](NC(=O)OC(C)(C)C)OC(C)(C)Cc1noc(C2(NC(=O)OCC3c4ccccc4-c4ccccc43)CC(CC#N)C2)n1. The highest BCUT2D eigenvalue weighted by Gasteiger charge is 2.51. The zero-order valence-corrected chi connectivity index (χ0v) is 26.7. The molecule has 0 radical (unpaired) electrons. The summed E-state index contributed by atoms with van der Waals surface area (Å²) < 4.78 is 22.8. The highest BCUT2D eigenvalue weighted by atomic mass is 16.6. The summed E-state index contributed by atoms with van der Waals surface area (Å²) >= 11 is 0. The Morgan fingerprint density at radius 2 is 1.67 bits per heavy atom. The zero-order valence-electron chi connectivity index (χ0n) is 26.7. The molecule has 0 bridgehead atoms. The molecule has 0 spiro atoms. The number of carbonyl (C=O) groups is 2. The van der Waals surface area contributed by atoms with E-state index in [-0.39, 0.29) is 30.8 Å². The molecule has 238 valence electrons. The molecule has 2 N–H and O–H groups in total. The highest BCUT2D eigenvalue weighted by molar-refractivity contribution is 5.79. The molecule has 0 saturated heterocycles. The first kappa shape index (κ1) is 32.0. The zero-order chi connectivity index (χ0) is 32.4. The van der Waals surface area contributed by atoms with Crippen molar-refractivity contribution in [2.75, 3.05) is 6.61 Å². The number of aromatic nitrogens is 2. The summed E-state index contributed by atoms with van der Waals surface area (Å²) in [5, 5.41) is 19.1. The lowest BCUT2D eigenvalue weighted by Gasteiger charge is -2.44. The number of nitriles is 1. The molecule has 11 heteroatoms. The fraction of sp³-hybridized carbons (Fsp3) is 0.500. The van der Waals surface area contributed by atoms with Crippen LogP contribution in [0.3, 0.4) is 0 Å². The van der Waals surface area contributed by atoms with Gasteiger partial charge in [-0.3, -0.25) is 5.32 Å². The van der Waals surface area contributed by atoms with Crippen LogP contribution in [0.5, 0.6) is 0 Å². The van der Waals surface area contributed by atoms with Gasteiger partial charge in [0.1, 0.15) is 24.0 Å². The lowest BCUT2D eigenvalue weighted by Crippen LogP contribution is -2.55. The van der Waals surface area contributed by atoms with Crippen molar-refractivity contribution in [3.8, 4) is 17.2 Å². The number of hydrogen-bond donors (Lipinski definition) is 2. The quantitative estimate of drug-likeness (QED) is 0.249. The molecule has 2 aliphatic carbocycles. The average molecular weight is 616 g/mol. The van der Waals surface area contributed by atoms with E-state index in [0.717, 1.165) is 22.3 Å². The molecule has 3 aromatic rings. The predicted octanol–water partition coefficient (Wildman–Crippen LogP) is 6.34. The molecule has 0 unspecified atom stereocenters. The summed E-state index contributed by atoms with van der Waals surface area (Å²) in [5.74, 6) is 0.655. The second-order valence-electron chi connectivity index (χ2n) is 13.5. The second-order valence-corrected chi connectivity index (χ2v) is 13.5. The van der Waals surface area contributed by atoms with E-state index in [2.05, 4.69) is 51.1 Å². The van der Waals surface area contributed by atoms with Crippen molar-refractivity contribution in [3.63, 3.8) is 0 Å². The van der Waals surface area contributed by atoms with E-state index >= 15 is 0 Å². The van der Waals surface area contributed by atoms with Crippen molar-refractivity contribution in [1.82, 2.24) is 20.8 Å². The fourth-order valence-corrected chi connectivity index (χ4v) is 6.28. The number of fused-ring (bicyclic) bond motifs is 3. The lowest BCUT2D eigenvalue weighted by atomic mass is 9.67. The van der Waals surface area contributed by atoms with Gasteiger partial charge in [0.2, 0.25) is 0 Å². The Kier molecular flexibility index (Phi) is 8.90. The largest absolute Gasteiger partial charge is 0.449 e. The lowest BCUT2D eigenvalue weighted by molar-refractivity contribution is -0.0781. The standard InChI is InChI=1S/C34H41N5O6/c1-21(36-30(40)44-32(2,3)4)43-33(5,6)19-28-37-29(45-39-28)34(17-22(18-34)15-16-35)38-31(41)42-20-27-25-13-9-7-11-23(25)24-12-8-10-14-26(24)27/h7-14,21-22,27H,15,17-20H2,1-6H3,(H,36,40)(H,38,41)/t21-,22?,34?/m1/s1. The van der Waals surface area contributed by atoms with Gasteiger partial charge < -0.3 is 24.1 Å². The van der Waals surface area contributed by atoms with Gasteiger partial charge in [0.05, 0.1) is 11.7 Å². The van der Waals surface area contributed by atoms with Crippen LogP contribution < -0.4 is 10.6 Å². The van der Waals surface area contributed by atoms with Gasteiger partial charge in [0, 0.05) is 18.8 Å². The predicted molar refractivity (Wildman–Crippen MR) is 165 cm³/mol. The van der Waals surface area contributed by atoms with Gasteiger partial charge in [-0.05, 0) is 82.6 Å². The van der Waals surface area contributed by atoms with Crippen molar-refractivity contribution >= 4 is 12.2 Å². The minimum Gasteiger partial charge on any atom is -0.449 e. The summed E-state index contributed by atoms with van der Waals surface area (Å²) in [6.45, 7) is 11.0. The van der Waals surface area contributed by atoms with Crippen LogP contribution in [0.2, 0.25) is 0 Å². The maximum absolute atomic E-state index is 13.2. The van der Waals surface area contributed by atoms with Gasteiger partial charge in [-0.1, -0.05) is 53.7 Å². The fourth-order valence-electron chi connectivity index (χ4n) is 6.28. The summed E-state index contributed by atoms with van der Waals surface area (Å²) in [6.07, 6.45) is -0.214. The third kappa shape index (κ3) is 7.45. The van der Waals surface area contributed by atoms with Crippen LogP contribution in [0.15, 0.2) is 53.1 Å². The summed E-state index contributed by atoms with van der Waals surface area (Å²) in [5.41, 5.74) is 2.21. The summed E-state index contributed by atoms with van der Waals surface area (Å²) in [6, 6.07) is 18.5. The molecule has 0 aliphatic heterocycles. The smallest absolute Gasteiger partial charge is 0.409 e. The second kappa shape index (κ2) is 12.5. The molecule has 1 aromatic heterocycles. The van der Waals surface area contributed by atoms with Crippen LogP contribution in [0.25, 0.3) is 11.1 Å². The molecule has 1 fully saturated rings. The average Bonchev–Trinajstić information content (AvgIpc) is 3.51. The van der Waals surface area contributed by atoms with E-state index in [0.29, 0.717) is 25.1 Å². The molecule has 1 heterocycles. The molecule has 1 saturated carbocycles. The number of rotatable bonds is 10. The van der Waals surface area contributed by atoms with Gasteiger partial charge in [-0.2, -0.15) is 10.2 Å². The van der Waals surface area contributed by atoms with Crippen LogP contribution in [0.4, 0.5) is 9.59 Å². The van der Waals surface area contributed by atoms with Crippen LogP contribution in [-0.2, 0) is 26.2 Å². The Morgan fingerprint density at radius 3 is 2.27 bits per heavy atom. The number of benzene rings is 2. The molecule has 11 nitrogen and oxygen atoms in total. The van der Waals surface area contributed by atoms with Gasteiger partial charge in [0.15, 0.2) is 5.82 Å². The molecular formula is C34H41N5O6. The number of nitrogens with zero attached hydrogens (tertiary/aromatic N) is 3. The number of amides is 2. The Morgan fingerprint density at radius 1 is 1.04 bits per heavy atom. The van der Waals surface area contributed by atoms with E-state index in [1.165, 1.54) is 0 Å². The number of carbonyl (C=O) groups excluding carboxylic acids is 2. The van der Waals surface area contributed by atoms with Gasteiger partial charge in [-0.15, -0.1) is 0 Å². The normalized spacial score (nSPS) is 19.8. The minimum atomic E-state index is -0.939. The topological polar surface area (TPSA) is 149 Å². The number of nitrogens with one attached hydrogen (secondary N) is 2. The highest BCUT2D eigenvalue weighted by Crippen LogP contribution is 2.47.